The van der Waals surface area contributed by atoms with E-state index in [1.165, 1.54) is 24.0 Å². The van der Waals surface area contributed by atoms with E-state index < -0.39 is 34.5 Å². The van der Waals surface area contributed by atoms with Crippen LogP contribution in [0.3, 0.4) is 0 Å². The minimum Gasteiger partial charge on any atom is -0.480 e. The second-order valence-electron chi connectivity index (χ2n) is 3.83. The highest BCUT2D eigenvalue weighted by molar-refractivity contribution is 7.89. The number of nitrogens with zero attached hydrogens (tertiary/aromatic N) is 2. The number of sulfonamides is 1. The van der Waals surface area contributed by atoms with E-state index in [2.05, 4.69) is 10.3 Å². The van der Waals surface area contributed by atoms with Crippen LogP contribution in [0.2, 0.25) is 0 Å². The smallest absolute Gasteiger partial charge is 0.325 e. The van der Waals surface area contributed by atoms with Crippen LogP contribution in [0.4, 0.5) is 0 Å². The first kappa shape index (κ1) is 15.1. The van der Waals surface area contributed by atoms with Gasteiger partial charge in [-0.3, -0.25) is 9.59 Å². The van der Waals surface area contributed by atoms with Crippen molar-refractivity contribution in [2.24, 2.45) is 7.05 Å². The highest BCUT2D eigenvalue weighted by Gasteiger charge is 2.19. The molecule has 1 heterocycles. The van der Waals surface area contributed by atoms with Crippen molar-refractivity contribution in [3.05, 3.63) is 12.5 Å². The Balaban J connectivity index is 2.57. The van der Waals surface area contributed by atoms with Gasteiger partial charge in [-0.1, -0.05) is 0 Å². The van der Waals surface area contributed by atoms with E-state index in [0.29, 0.717) is 0 Å². The van der Waals surface area contributed by atoms with Gasteiger partial charge in [0.1, 0.15) is 6.04 Å². The minimum atomic E-state index is -3.88. The second kappa shape index (κ2) is 5.80. The maximum Gasteiger partial charge on any atom is 0.325 e. The number of rotatable bonds is 6. The maximum absolute atomic E-state index is 11.7. The highest BCUT2D eigenvalue weighted by atomic mass is 32.2. The predicted octanol–water partition coefficient (Wildman–Crippen LogP) is -1.71. The summed E-state index contributed by atoms with van der Waals surface area (Å²) in [5, 5.41) is 10.5. The molecule has 19 heavy (non-hydrogen) atoms. The SMILES string of the molecule is C[C@H](NC(=O)CNS(=O)(=O)c1cn(C)cn1)C(=O)O. The van der Waals surface area contributed by atoms with Crippen LogP contribution in [0.5, 0.6) is 0 Å². The van der Waals surface area contributed by atoms with Crippen molar-refractivity contribution in [3.8, 4) is 0 Å². The fraction of sp³-hybridized carbons (Fsp3) is 0.444. The molecule has 9 nitrogen and oxygen atoms in total. The van der Waals surface area contributed by atoms with Crippen molar-refractivity contribution in [1.29, 1.82) is 0 Å². The van der Waals surface area contributed by atoms with Crippen LogP contribution in [-0.2, 0) is 26.7 Å². The lowest BCUT2D eigenvalue weighted by atomic mass is 10.3. The van der Waals surface area contributed by atoms with Gasteiger partial charge in [0, 0.05) is 13.2 Å². The van der Waals surface area contributed by atoms with E-state index in [1.807, 2.05) is 4.72 Å². The van der Waals surface area contributed by atoms with Crippen molar-refractivity contribution in [2.75, 3.05) is 6.54 Å². The van der Waals surface area contributed by atoms with Crippen LogP contribution < -0.4 is 10.0 Å². The highest BCUT2D eigenvalue weighted by Crippen LogP contribution is 2.02. The average molecular weight is 290 g/mol. The predicted molar refractivity (Wildman–Crippen MR) is 63.6 cm³/mol. The number of carbonyl (C=O) groups excluding carboxylic acids is 1. The Morgan fingerprint density at radius 3 is 2.63 bits per heavy atom. The number of carboxylic acids is 1. The molecule has 1 amide bonds. The molecule has 1 atom stereocenters. The third-order valence-corrected chi connectivity index (χ3v) is 3.41. The van der Waals surface area contributed by atoms with Crippen molar-refractivity contribution in [1.82, 2.24) is 19.6 Å². The molecular weight excluding hydrogens is 276 g/mol. The third-order valence-electron chi connectivity index (χ3n) is 2.13. The molecule has 0 aliphatic carbocycles. The topological polar surface area (TPSA) is 130 Å². The van der Waals surface area contributed by atoms with Gasteiger partial charge in [0.25, 0.3) is 10.0 Å². The van der Waals surface area contributed by atoms with Gasteiger partial charge in [0.05, 0.1) is 12.9 Å². The quantitative estimate of drug-likeness (QED) is 0.571. The molecule has 10 heteroatoms. The van der Waals surface area contributed by atoms with Gasteiger partial charge in [-0.2, -0.15) is 0 Å². The van der Waals surface area contributed by atoms with Gasteiger partial charge >= 0.3 is 5.97 Å². The van der Waals surface area contributed by atoms with E-state index in [1.54, 1.807) is 7.05 Å². The summed E-state index contributed by atoms with van der Waals surface area (Å²) in [6.07, 6.45) is 2.58. The molecule has 106 valence electrons. The number of hydrogen-bond donors (Lipinski definition) is 3. The van der Waals surface area contributed by atoms with Crippen molar-refractivity contribution >= 4 is 21.9 Å². The lowest BCUT2D eigenvalue weighted by molar-refractivity contribution is -0.141. The molecule has 0 radical (unpaired) electrons. The standard InChI is InChI=1S/C9H14N4O5S/c1-6(9(15)16)12-7(14)3-11-19(17,18)8-4-13(2)5-10-8/h4-6,11H,3H2,1-2H3,(H,12,14)(H,15,16)/t6-/m0/s1. The van der Waals surface area contributed by atoms with E-state index >= 15 is 0 Å². The maximum atomic E-state index is 11.7. The molecule has 1 rings (SSSR count). The molecule has 0 aromatic carbocycles. The van der Waals surface area contributed by atoms with Gasteiger partial charge in [0.2, 0.25) is 5.91 Å². The zero-order chi connectivity index (χ0) is 14.6. The van der Waals surface area contributed by atoms with Crippen LogP contribution in [0.25, 0.3) is 0 Å². The molecule has 0 aliphatic heterocycles. The Kier molecular flexibility index (Phi) is 4.62. The van der Waals surface area contributed by atoms with Gasteiger partial charge in [-0.15, -0.1) is 0 Å². The second-order valence-corrected chi connectivity index (χ2v) is 5.54. The molecule has 0 bridgehead atoms. The Morgan fingerprint density at radius 2 is 2.16 bits per heavy atom. The number of carboxylic acid groups (broad SMARTS) is 1. The first-order chi connectivity index (χ1) is 8.72. The summed E-state index contributed by atoms with van der Waals surface area (Å²) >= 11 is 0. The summed E-state index contributed by atoms with van der Waals surface area (Å²) in [7, 11) is -2.28. The molecule has 0 saturated heterocycles. The number of carbonyl (C=O) groups is 2. The fourth-order valence-corrected chi connectivity index (χ4v) is 2.08. The Bertz CT molecular complexity index is 579. The van der Waals surface area contributed by atoms with Crippen LogP contribution >= 0.6 is 0 Å². The largest absolute Gasteiger partial charge is 0.480 e. The van der Waals surface area contributed by atoms with Crippen LogP contribution in [0, 0.1) is 0 Å². The summed E-state index contributed by atoms with van der Waals surface area (Å²) in [5.41, 5.74) is 0. The van der Waals surface area contributed by atoms with Gasteiger partial charge in [0.15, 0.2) is 5.03 Å². The van der Waals surface area contributed by atoms with Crippen molar-refractivity contribution in [3.63, 3.8) is 0 Å². The van der Waals surface area contributed by atoms with Gasteiger partial charge in [-0.25, -0.2) is 18.1 Å². The first-order valence-electron chi connectivity index (χ1n) is 5.22. The van der Waals surface area contributed by atoms with Crippen LogP contribution in [-0.4, -0.2) is 47.5 Å². The number of amides is 1. The molecule has 0 fully saturated rings. The molecular formula is C9H14N4O5S. The van der Waals surface area contributed by atoms with E-state index in [4.69, 9.17) is 5.11 Å². The third kappa shape index (κ3) is 4.34. The molecule has 0 spiro atoms. The summed E-state index contributed by atoms with van der Waals surface area (Å²) in [6.45, 7) is 0.712. The summed E-state index contributed by atoms with van der Waals surface area (Å²) in [6, 6.07) is -1.09. The number of nitrogens with one attached hydrogen (secondary N) is 2. The number of aromatic nitrogens is 2. The Labute approximate surface area is 109 Å². The van der Waals surface area contributed by atoms with E-state index in [-0.39, 0.29) is 5.03 Å². The van der Waals surface area contributed by atoms with E-state index in [0.717, 1.165) is 0 Å². The Hall–Kier alpha value is -1.94. The molecule has 0 saturated carbocycles. The van der Waals surface area contributed by atoms with Crippen molar-refractivity contribution in [2.45, 2.75) is 18.0 Å². The van der Waals surface area contributed by atoms with Crippen LogP contribution in [0.1, 0.15) is 6.92 Å². The monoisotopic (exact) mass is 290 g/mol. The van der Waals surface area contributed by atoms with Crippen molar-refractivity contribution < 1.29 is 23.1 Å². The van der Waals surface area contributed by atoms with Gasteiger partial charge in [-0.05, 0) is 6.92 Å². The summed E-state index contributed by atoms with van der Waals surface area (Å²) in [4.78, 5) is 25.4. The molecule has 3 N–H and O–H groups in total. The normalized spacial score (nSPS) is 12.9. The lowest BCUT2D eigenvalue weighted by Gasteiger charge is -2.09. The fourth-order valence-electron chi connectivity index (χ4n) is 1.12. The zero-order valence-electron chi connectivity index (χ0n) is 10.3. The van der Waals surface area contributed by atoms with E-state index in [9.17, 15) is 18.0 Å². The number of aryl methyl sites for hydroxylation is 1. The molecule has 1 aromatic rings. The zero-order valence-corrected chi connectivity index (χ0v) is 11.1. The lowest BCUT2D eigenvalue weighted by Crippen LogP contribution is -2.44. The molecule has 1 aromatic heterocycles. The van der Waals surface area contributed by atoms with Gasteiger partial charge < -0.3 is 15.0 Å². The number of hydrogen-bond acceptors (Lipinski definition) is 5. The summed E-state index contributed by atoms with van der Waals surface area (Å²) in [5.74, 6) is -1.95. The molecule has 0 unspecified atom stereocenters. The average Bonchev–Trinajstić information content (AvgIpc) is 2.74. The summed E-state index contributed by atoms with van der Waals surface area (Å²) < 4.78 is 26.8. The first-order valence-corrected chi connectivity index (χ1v) is 6.70. The molecule has 0 aliphatic rings. The van der Waals surface area contributed by atoms with Crippen LogP contribution in [0.15, 0.2) is 17.6 Å². The number of aliphatic carboxylic acids is 1. The number of imidazole rings is 1. The Morgan fingerprint density at radius 1 is 1.53 bits per heavy atom. The minimum absolute atomic E-state index is 0.214.